The summed E-state index contributed by atoms with van der Waals surface area (Å²) in [6.45, 7) is 11.4. The molecule has 0 amide bonds. The molecule has 112 valence electrons. The number of hydrogen-bond acceptors (Lipinski definition) is 2. The summed E-state index contributed by atoms with van der Waals surface area (Å²) >= 11 is 0. The van der Waals surface area contributed by atoms with Crippen molar-refractivity contribution in [2.24, 2.45) is 5.92 Å². The lowest BCUT2D eigenvalue weighted by Crippen LogP contribution is -2.42. The number of fused-ring (bicyclic) bond motifs is 3. The van der Waals surface area contributed by atoms with E-state index in [1.165, 1.54) is 16.7 Å². The summed E-state index contributed by atoms with van der Waals surface area (Å²) in [6.07, 6.45) is 2.49. The Labute approximate surface area is 128 Å². The Bertz CT molecular complexity index is 622. The minimum Gasteiger partial charge on any atom is -0.409 e. The van der Waals surface area contributed by atoms with Crippen LogP contribution in [0.5, 0.6) is 0 Å². The van der Waals surface area contributed by atoms with E-state index >= 15 is 0 Å². The van der Waals surface area contributed by atoms with Crippen molar-refractivity contribution in [3.8, 4) is 0 Å². The third kappa shape index (κ3) is 2.32. The predicted molar refractivity (Wildman–Crippen MR) is 88.6 cm³/mol. The van der Waals surface area contributed by atoms with Crippen molar-refractivity contribution in [2.75, 3.05) is 0 Å². The highest BCUT2D eigenvalue weighted by Gasteiger charge is 2.47. The summed E-state index contributed by atoms with van der Waals surface area (Å²) in [5.41, 5.74) is 3.68. The van der Waals surface area contributed by atoms with Crippen LogP contribution >= 0.6 is 0 Å². The lowest BCUT2D eigenvalue weighted by molar-refractivity contribution is -0.114. The topological polar surface area (TPSA) is 26.3 Å². The Hall–Kier alpha value is -1.19. The van der Waals surface area contributed by atoms with E-state index in [-0.39, 0.29) is 22.8 Å². The molecule has 2 aliphatic carbocycles. The average Bonchev–Trinajstić information content (AvgIpc) is 2.87. The summed E-state index contributed by atoms with van der Waals surface area (Å²) in [5.74, 6) is 0.470. The van der Waals surface area contributed by atoms with Crippen LogP contribution < -0.4 is 0 Å². The van der Waals surface area contributed by atoms with E-state index in [0.717, 1.165) is 0 Å². The number of hydrogen-bond donors (Lipinski definition) is 0. The Morgan fingerprint density at radius 2 is 1.86 bits per heavy atom. The molecule has 1 aromatic rings. The van der Waals surface area contributed by atoms with Crippen molar-refractivity contribution in [1.29, 1.82) is 0 Å². The van der Waals surface area contributed by atoms with Crippen LogP contribution in [0.25, 0.3) is 5.57 Å². The van der Waals surface area contributed by atoms with Gasteiger partial charge >= 0.3 is 0 Å². The van der Waals surface area contributed by atoms with Gasteiger partial charge in [-0.25, -0.2) is 0 Å². The van der Waals surface area contributed by atoms with Crippen LogP contribution in [0.3, 0.4) is 0 Å². The number of carbonyl (C=O) groups excluding carboxylic acids is 1. The molecule has 0 aliphatic heterocycles. The summed E-state index contributed by atoms with van der Waals surface area (Å²) in [5, 5.41) is 0.178. The molecule has 2 unspecified atom stereocenters. The largest absolute Gasteiger partial charge is 0.409 e. The fraction of sp³-hybridized carbons (Fsp3) is 0.500. The zero-order chi connectivity index (χ0) is 15.4. The molecule has 0 radical (unpaired) electrons. The molecular formula is C18H24O2Si. The van der Waals surface area contributed by atoms with Crippen LogP contribution in [-0.4, -0.2) is 14.1 Å². The maximum absolute atomic E-state index is 11.9. The molecule has 2 atom stereocenters. The molecule has 0 saturated heterocycles. The zero-order valence-corrected chi connectivity index (χ0v) is 14.6. The van der Waals surface area contributed by atoms with Crippen LogP contribution in [0, 0.1) is 5.92 Å². The first-order valence-corrected chi connectivity index (χ1v) is 10.6. The van der Waals surface area contributed by atoms with Gasteiger partial charge in [-0.1, -0.05) is 45.0 Å². The van der Waals surface area contributed by atoms with E-state index in [4.69, 9.17) is 4.43 Å². The normalized spacial score (nSPS) is 24.8. The van der Waals surface area contributed by atoms with Gasteiger partial charge in [0, 0.05) is 12.3 Å². The first-order chi connectivity index (χ1) is 9.71. The molecule has 21 heavy (non-hydrogen) atoms. The van der Waals surface area contributed by atoms with Crippen LogP contribution in [0.4, 0.5) is 0 Å². The van der Waals surface area contributed by atoms with Gasteiger partial charge in [-0.15, -0.1) is 0 Å². The summed E-state index contributed by atoms with van der Waals surface area (Å²) in [7, 11) is -1.86. The molecule has 0 spiro atoms. The summed E-state index contributed by atoms with van der Waals surface area (Å²) in [6, 6.07) is 8.41. The fourth-order valence-corrected chi connectivity index (χ4v) is 4.36. The fourth-order valence-electron chi connectivity index (χ4n) is 3.08. The Morgan fingerprint density at radius 1 is 1.19 bits per heavy atom. The van der Waals surface area contributed by atoms with Gasteiger partial charge in [-0.3, -0.25) is 4.79 Å². The first kappa shape index (κ1) is 14.7. The third-order valence-corrected chi connectivity index (χ3v) is 9.76. The molecule has 0 fully saturated rings. The second-order valence-corrected chi connectivity index (χ2v) is 12.5. The van der Waals surface area contributed by atoms with E-state index in [9.17, 15) is 4.79 Å². The van der Waals surface area contributed by atoms with Crippen molar-refractivity contribution in [3.63, 3.8) is 0 Å². The smallest absolute Gasteiger partial charge is 0.192 e. The van der Waals surface area contributed by atoms with Gasteiger partial charge in [0.05, 0.1) is 6.10 Å². The van der Waals surface area contributed by atoms with Crippen molar-refractivity contribution in [1.82, 2.24) is 0 Å². The number of ketones is 1. The highest BCUT2D eigenvalue weighted by molar-refractivity contribution is 6.74. The van der Waals surface area contributed by atoms with Crippen molar-refractivity contribution >= 4 is 19.7 Å². The van der Waals surface area contributed by atoms with Crippen LogP contribution in [0.1, 0.15) is 44.4 Å². The molecule has 0 bridgehead atoms. The van der Waals surface area contributed by atoms with Gasteiger partial charge in [0.25, 0.3) is 0 Å². The van der Waals surface area contributed by atoms with Gasteiger partial charge in [-0.2, -0.15) is 0 Å². The third-order valence-electron chi connectivity index (χ3n) is 5.31. The minimum atomic E-state index is -1.86. The second-order valence-electron chi connectivity index (χ2n) is 7.76. The Morgan fingerprint density at radius 3 is 2.52 bits per heavy atom. The zero-order valence-electron chi connectivity index (χ0n) is 13.6. The van der Waals surface area contributed by atoms with E-state index in [1.54, 1.807) is 0 Å². The summed E-state index contributed by atoms with van der Waals surface area (Å²) in [4.78, 5) is 11.9. The van der Waals surface area contributed by atoms with Gasteiger partial charge in [0.2, 0.25) is 0 Å². The molecule has 3 rings (SSSR count). The molecule has 3 heteroatoms. The SMILES string of the molecule is CC(C)(C)[Si](C)(C)OC1c2ccccc2C2=CC(=O)CC21. The minimum absolute atomic E-state index is 0.0554. The van der Waals surface area contributed by atoms with E-state index in [1.807, 2.05) is 12.1 Å². The number of carbonyl (C=O) groups is 1. The molecule has 0 saturated carbocycles. The standard InChI is InChI=1S/C18H24O2Si/c1-18(2,3)21(4,5)20-17-14-9-7-6-8-13(14)15-10-12(19)11-16(15)17/h6-10,16-17H,11H2,1-5H3. The molecule has 0 N–H and O–H groups in total. The molecule has 0 heterocycles. The number of benzene rings is 1. The number of allylic oxidation sites excluding steroid dienone is 1. The lowest BCUT2D eigenvalue weighted by atomic mass is 10.0. The average molecular weight is 300 g/mol. The predicted octanol–water partition coefficient (Wildman–Crippen LogP) is 4.74. The maximum Gasteiger partial charge on any atom is 0.192 e. The highest BCUT2D eigenvalue weighted by Crippen LogP contribution is 2.53. The Balaban J connectivity index is 2.00. The van der Waals surface area contributed by atoms with Crippen molar-refractivity contribution in [3.05, 3.63) is 41.5 Å². The van der Waals surface area contributed by atoms with E-state index in [2.05, 4.69) is 52.1 Å². The van der Waals surface area contributed by atoms with Gasteiger partial charge in [-0.05, 0) is 40.9 Å². The summed E-state index contributed by atoms with van der Waals surface area (Å²) < 4.78 is 6.70. The maximum atomic E-state index is 11.9. The molecule has 0 aromatic heterocycles. The van der Waals surface area contributed by atoms with E-state index < -0.39 is 8.32 Å². The van der Waals surface area contributed by atoms with Crippen molar-refractivity contribution < 1.29 is 9.22 Å². The Kier molecular flexibility index (Phi) is 3.26. The quantitative estimate of drug-likeness (QED) is 0.738. The monoisotopic (exact) mass is 300 g/mol. The highest BCUT2D eigenvalue weighted by atomic mass is 28.4. The molecule has 2 aliphatic rings. The molecule has 2 nitrogen and oxygen atoms in total. The van der Waals surface area contributed by atoms with Gasteiger partial charge in [0.1, 0.15) is 0 Å². The number of rotatable bonds is 2. The lowest BCUT2D eigenvalue weighted by Gasteiger charge is -2.39. The van der Waals surface area contributed by atoms with Crippen LogP contribution in [0.15, 0.2) is 30.3 Å². The second kappa shape index (κ2) is 4.65. The molecular weight excluding hydrogens is 276 g/mol. The van der Waals surface area contributed by atoms with Crippen LogP contribution in [-0.2, 0) is 9.22 Å². The molecule has 1 aromatic carbocycles. The van der Waals surface area contributed by atoms with Crippen molar-refractivity contribution in [2.45, 2.75) is 51.4 Å². The first-order valence-electron chi connectivity index (χ1n) is 7.72. The van der Waals surface area contributed by atoms with E-state index in [0.29, 0.717) is 6.42 Å². The van der Waals surface area contributed by atoms with Gasteiger partial charge in [0.15, 0.2) is 14.1 Å². The van der Waals surface area contributed by atoms with Gasteiger partial charge < -0.3 is 4.43 Å². The van der Waals surface area contributed by atoms with Crippen LogP contribution in [0.2, 0.25) is 18.1 Å².